The second kappa shape index (κ2) is 2.92. The van der Waals surface area contributed by atoms with Gasteiger partial charge in [0.05, 0.1) is 6.04 Å². The first-order valence-corrected chi connectivity index (χ1v) is 5.05. The van der Waals surface area contributed by atoms with Crippen LogP contribution in [0.25, 0.3) is 0 Å². The maximum Gasteiger partial charge on any atom is 0.241 e. The van der Waals surface area contributed by atoms with E-state index in [9.17, 15) is 4.79 Å². The first-order valence-electron chi connectivity index (χ1n) is 5.05. The monoisotopic (exact) mass is 205 g/mol. The van der Waals surface area contributed by atoms with E-state index < -0.39 is 0 Å². The van der Waals surface area contributed by atoms with Gasteiger partial charge in [0.15, 0.2) is 5.78 Å². The summed E-state index contributed by atoms with van der Waals surface area (Å²) in [4.78, 5) is 21.9. The largest absolute Gasteiger partial charge is 0.474 e. The van der Waals surface area contributed by atoms with Crippen molar-refractivity contribution in [2.24, 2.45) is 0 Å². The van der Waals surface area contributed by atoms with Crippen LogP contribution in [0.5, 0.6) is 5.88 Å². The Morgan fingerprint density at radius 1 is 1.53 bits per heavy atom. The van der Waals surface area contributed by atoms with Crippen molar-refractivity contribution in [1.29, 1.82) is 0 Å². The number of carbonyl (C=O) groups is 1. The van der Waals surface area contributed by atoms with Crippen LogP contribution in [0.15, 0.2) is 6.33 Å². The number of ketones is 1. The third-order valence-corrected chi connectivity index (χ3v) is 2.91. The van der Waals surface area contributed by atoms with Crippen LogP contribution in [0.3, 0.4) is 0 Å². The summed E-state index contributed by atoms with van der Waals surface area (Å²) in [5.74, 6) is 0.633. The van der Waals surface area contributed by atoms with Crippen LogP contribution in [-0.2, 0) is 0 Å². The van der Waals surface area contributed by atoms with Gasteiger partial charge in [-0.25, -0.2) is 4.98 Å². The molecule has 1 aromatic rings. The lowest BCUT2D eigenvalue weighted by molar-refractivity contribution is 0.0968. The Labute approximate surface area is 87.1 Å². The SMILES string of the molecule is CC1COc2ncnc3c2N1CCC3=O. The van der Waals surface area contributed by atoms with Crippen molar-refractivity contribution in [2.45, 2.75) is 19.4 Å². The summed E-state index contributed by atoms with van der Waals surface area (Å²) >= 11 is 0. The summed E-state index contributed by atoms with van der Waals surface area (Å²) in [5, 5.41) is 0. The maximum atomic E-state index is 11.7. The van der Waals surface area contributed by atoms with Gasteiger partial charge in [0.1, 0.15) is 24.3 Å². The van der Waals surface area contributed by atoms with Crippen molar-refractivity contribution in [3.8, 4) is 5.88 Å². The topological polar surface area (TPSA) is 55.3 Å². The van der Waals surface area contributed by atoms with E-state index >= 15 is 0 Å². The predicted molar refractivity (Wildman–Crippen MR) is 53.3 cm³/mol. The predicted octanol–water partition coefficient (Wildman–Crippen LogP) is 0.650. The minimum atomic E-state index is 0.0857. The van der Waals surface area contributed by atoms with Crippen molar-refractivity contribution < 1.29 is 9.53 Å². The molecule has 0 fully saturated rings. The number of ether oxygens (including phenoxy) is 1. The molecular weight excluding hydrogens is 194 g/mol. The van der Waals surface area contributed by atoms with E-state index in [1.165, 1.54) is 6.33 Å². The molecule has 0 spiro atoms. The molecule has 1 atom stereocenters. The minimum Gasteiger partial charge on any atom is -0.474 e. The fourth-order valence-electron chi connectivity index (χ4n) is 2.11. The van der Waals surface area contributed by atoms with Gasteiger partial charge in [-0.15, -0.1) is 0 Å². The van der Waals surface area contributed by atoms with Gasteiger partial charge in [0.25, 0.3) is 0 Å². The van der Waals surface area contributed by atoms with E-state index in [1.807, 2.05) is 0 Å². The molecule has 0 aromatic carbocycles. The van der Waals surface area contributed by atoms with E-state index in [2.05, 4.69) is 21.8 Å². The second-order valence-electron chi connectivity index (χ2n) is 3.90. The normalized spacial score (nSPS) is 23.4. The highest BCUT2D eigenvalue weighted by atomic mass is 16.5. The summed E-state index contributed by atoms with van der Waals surface area (Å²) in [6.07, 6.45) is 1.93. The lowest BCUT2D eigenvalue weighted by Gasteiger charge is -2.38. The highest BCUT2D eigenvalue weighted by Crippen LogP contribution is 2.37. The number of rotatable bonds is 0. The van der Waals surface area contributed by atoms with E-state index in [1.54, 1.807) is 0 Å². The molecule has 0 saturated carbocycles. The summed E-state index contributed by atoms with van der Waals surface area (Å²) in [5.41, 5.74) is 1.30. The minimum absolute atomic E-state index is 0.0857. The summed E-state index contributed by atoms with van der Waals surface area (Å²) in [7, 11) is 0. The van der Waals surface area contributed by atoms with Gasteiger partial charge in [-0.2, -0.15) is 4.98 Å². The van der Waals surface area contributed by atoms with Crippen LogP contribution in [0.4, 0.5) is 5.69 Å². The average Bonchev–Trinajstić information content (AvgIpc) is 2.26. The van der Waals surface area contributed by atoms with Crippen molar-refractivity contribution in [3.63, 3.8) is 0 Å². The zero-order chi connectivity index (χ0) is 10.4. The van der Waals surface area contributed by atoms with Gasteiger partial charge in [0.2, 0.25) is 5.88 Å². The Kier molecular flexibility index (Phi) is 1.68. The molecule has 1 unspecified atom stereocenters. The molecule has 0 aliphatic carbocycles. The number of aromatic nitrogens is 2. The molecule has 78 valence electrons. The average molecular weight is 205 g/mol. The van der Waals surface area contributed by atoms with Crippen LogP contribution in [0.1, 0.15) is 23.8 Å². The smallest absolute Gasteiger partial charge is 0.241 e. The Morgan fingerprint density at radius 3 is 3.27 bits per heavy atom. The summed E-state index contributed by atoms with van der Waals surface area (Å²) < 4.78 is 5.49. The molecule has 0 saturated heterocycles. The molecule has 15 heavy (non-hydrogen) atoms. The molecule has 3 heterocycles. The molecule has 2 aliphatic rings. The van der Waals surface area contributed by atoms with Gasteiger partial charge in [0, 0.05) is 13.0 Å². The number of hydrogen-bond acceptors (Lipinski definition) is 5. The number of anilines is 1. The number of nitrogens with zero attached hydrogens (tertiary/aromatic N) is 3. The van der Waals surface area contributed by atoms with Crippen LogP contribution in [-0.4, -0.2) is 34.9 Å². The Hall–Kier alpha value is -1.65. The second-order valence-corrected chi connectivity index (χ2v) is 3.90. The Morgan fingerprint density at radius 2 is 2.40 bits per heavy atom. The lowest BCUT2D eigenvalue weighted by atomic mass is 10.0. The lowest BCUT2D eigenvalue weighted by Crippen LogP contribution is -2.45. The van der Waals surface area contributed by atoms with E-state index in [0.29, 0.717) is 24.6 Å². The molecule has 5 nitrogen and oxygen atoms in total. The molecule has 1 aromatic heterocycles. The molecule has 0 N–H and O–H groups in total. The highest BCUT2D eigenvalue weighted by molar-refractivity contribution is 6.02. The standard InChI is InChI=1S/C10H11N3O2/c1-6-4-15-10-9-8(11-5-12-10)7(14)2-3-13(6)9/h5-6H,2-4H2,1H3. The van der Waals surface area contributed by atoms with Crippen molar-refractivity contribution in [2.75, 3.05) is 18.1 Å². The number of hydrogen-bond donors (Lipinski definition) is 0. The fourth-order valence-corrected chi connectivity index (χ4v) is 2.11. The molecule has 0 radical (unpaired) electrons. The van der Waals surface area contributed by atoms with Gasteiger partial charge in [-0.3, -0.25) is 4.79 Å². The van der Waals surface area contributed by atoms with Crippen molar-refractivity contribution in [1.82, 2.24) is 9.97 Å². The van der Waals surface area contributed by atoms with Crippen molar-refractivity contribution >= 4 is 11.5 Å². The molecule has 3 rings (SSSR count). The van der Waals surface area contributed by atoms with Gasteiger partial charge in [-0.1, -0.05) is 0 Å². The molecule has 0 amide bonds. The van der Waals surface area contributed by atoms with Crippen LogP contribution in [0, 0.1) is 0 Å². The summed E-state index contributed by atoms with van der Waals surface area (Å²) in [6, 6.07) is 0.287. The molecule has 0 bridgehead atoms. The number of carbonyl (C=O) groups excluding carboxylic acids is 1. The zero-order valence-electron chi connectivity index (χ0n) is 8.43. The van der Waals surface area contributed by atoms with Crippen molar-refractivity contribution in [3.05, 3.63) is 12.0 Å². The van der Waals surface area contributed by atoms with Crippen LogP contribution < -0.4 is 9.64 Å². The van der Waals surface area contributed by atoms with E-state index in [-0.39, 0.29) is 11.8 Å². The van der Waals surface area contributed by atoms with E-state index in [4.69, 9.17) is 4.74 Å². The number of Topliss-reactive ketones (excluding diaryl/α,β-unsaturated/α-hetero) is 1. The van der Waals surface area contributed by atoms with Gasteiger partial charge >= 0.3 is 0 Å². The van der Waals surface area contributed by atoms with Crippen LogP contribution >= 0.6 is 0 Å². The first-order chi connectivity index (χ1) is 7.27. The quantitative estimate of drug-likeness (QED) is 0.622. The zero-order valence-corrected chi connectivity index (χ0v) is 8.43. The highest BCUT2D eigenvalue weighted by Gasteiger charge is 2.34. The maximum absolute atomic E-state index is 11.7. The molecule has 5 heteroatoms. The third kappa shape index (κ3) is 1.12. The molecular formula is C10H11N3O2. The van der Waals surface area contributed by atoms with E-state index in [0.717, 1.165) is 12.2 Å². The fraction of sp³-hybridized carbons (Fsp3) is 0.500. The first kappa shape index (κ1) is 8.64. The third-order valence-electron chi connectivity index (χ3n) is 2.91. The Bertz CT molecular complexity index is 433. The van der Waals surface area contributed by atoms with Crippen LogP contribution in [0.2, 0.25) is 0 Å². The summed E-state index contributed by atoms with van der Waals surface area (Å²) in [6.45, 7) is 3.45. The Balaban J connectivity index is 2.22. The molecule has 2 aliphatic heterocycles. The van der Waals surface area contributed by atoms with Gasteiger partial charge < -0.3 is 9.64 Å². The van der Waals surface area contributed by atoms with Gasteiger partial charge in [-0.05, 0) is 6.92 Å².